The zero-order valence-corrected chi connectivity index (χ0v) is 10.7. The normalized spacial score (nSPS) is 12.9. The Kier molecular flexibility index (Phi) is 4.31. The molecule has 18 heavy (non-hydrogen) atoms. The molecule has 92 valence electrons. The SMILES string of the molecule is O=[SH](=O)C(/C=C/c1ccccc1)c1ccccc1. The summed E-state index contributed by atoms with van der Waals surface area (Å²) in [5.74, 6) is 0. The summed E-state index contributed by atoms with van der Waals surface area (Å²) >= 11 is 0. The third-order valence-electron chi connectivity index (χ3n) is 2.64. The Morgan fingerprint density at radius 3 is 1.94 bits per heavy atom. The molecule has 1 atom stereocenters. The van der Waals surface area contributed by atoms with Crippen molar-refractivity contribution in [2.24, 2.45) is 0 Å². The van der Waals surface area contributed by atoms with Crippen LogP contribution in [-0.2, 0) is 10.7 Å². The van der Waals surface area contributed by atoms with Gasteiger partial charge in [-0.2, -0.15) is 0 Å². The summed E-state index contributed by atoms with van der Waals surface area (Å²) in [5, 5.41) is -0.568. The van der Waals surface area contributed by atoms with Crippen molar-refractivity contribution >= 4 is 16.8 Å². The molecule has 1 unspecified atom stereocenters. The minimum absolute atomic E-state index is 0.568. The highest BCUT2D eigenvalue weighted by Crippen LogP contribution is 2.19. The number of hydrogen-bond donors (Lipinski definition) is 1. The molecule has 0 bridgehead atoms. The standard InChI is InChI=1S/C15H14O2S/c16-18(17)15(14-9-5-2-6-10-14)12-11-13-7-3-1-4-8-13/h1-12,15,18H/b12-11+. The van der Waals surface area contributed by atoms with E-state index in [2.05, 4.69) is 0 Å². The van der Waals surface area contributed by atoms with Crippen LogP contribution in [0.15, 0.2) is 66.7 Å². The van der Waals surface area contributed by atoms with Gasteiger partial charge in [-0.05, 0) is 11.1 Å². The largest absolute Gasteiger partial charge is 0.231 e. The van der Waals surface area contributed by atoms with E-state index >= 15 is 0 Å². The molecule has 0 heterocycles. The molecule has 2 rings (SSSR count). The molecule has 2 nitrogen and oxygen atoms in total. The summed E-state index contributed by atoms with van der Waals surface area (Å²) in [4.78, 5) is 0. The van der Waals surface area contributed by atoms with Crippen molar-refractivity contribution in [1.82, 2.24) is 0 Å². The number of rotatable bonds is 4. The van der Waals surface area contributed by atoms with Crippen molar-refractivity contribution in [3.8, 4) is 0 Å². The van der Waals surface area contributed by atoms with Crippen LogP contribution in [0.5, 0.6) is 0 Å². The van der Waals surface area contributed by atoms with Gasteiger partial charge < -0.3 is 0 Å². The Bertz CT molecular complexity index is 578. The Labute approximate surface area is 109 Å². The molecule has 0 saturated carbocycles. The molecule has 2 aromatic carbocycles. The van der Waals surface area contributed by atoms with Crippen LogP contribution in [0.25, 0.3) is 6.08 Å². The predicted octanol–water partition coefficient (Wildman–Crippen LogP) is 3.05. The maximum atomic E-state index is 11.3. The fourth-order valence-corrected chi connectivity index (χ4v) is 2.36. The molecular weight excluding hydrogens is 244 g/mol. The van der Waals surface area contributed by atoms with Gasteiger partial charge in [0.05, 0.1) is 0 Å². The van der Waals surface area contributed by atoms with Crippen molar-refractivity contribution in [2.45, 2.75) is 5.25 Å². The van der Waals surface area contributed by atoms with Crippen molar-refractivity contribution in [3.05, 3.63) is 77.9 Å². The van der Waals surface area contributed by atoms with Crippen molar-refractivity contribution in [2.75, 3.05) is 0 Å². The molecule has 0 fully saturated rings. The van der Waals surface area contributed by atoms with Gasteiger partial charge >= 0.3 is 0 Å². The average Bonchev–Trinajstić information content (AvgIpc) is 2.41. The van der Waals surface area contributed by atoms with Crippen LogP contribution < -0.4 is 0 Å². The van der Waals surface area contributed by atoms with Gasteiger partial charge in [-0.25, -0.2) is 8.42 Å². The fourth-order valence-electron chi connectivity index (χ4n) is 1.72. The lowest BCUT2D eigenvalue weighted by molar-refractivity contribution is 0.609. The zero-order valence-electron chi connectivity index (χ0n) is 9.77. The van der Waals surface area contributed by atoms with Gasteiger partial charge in [0.25, 0.3) is 0 Å². The molecule has 2 aromatic rings. The lowest BCUT2D eigenvalue weighted by atomic mass is 10.1. The summed E-state index contributed by atoms with van der Waals surface area (Å²) in [5.41, 5.74) is 1.79. The molecule has 0 aromatic heterocycles. The summed E-state index contributed by atoms with van der Waals surface area (Å²) in [6.07, 6.45) is 3.55. The monoisotopic (exact) mass is 258 g/mol. The lowest BCUT2D eigenvalue weighted by Gasteiger charge is -2.05. The minimum Gasteiger partial charge on any atom is -0.231 e. The third kappa shape index (κ3) is 3.31. The molecule has 0 saturated heterocycles. The van der Waals surface area contributed by atoms with E-state index in [9.17, 15) is 8.42 Å². The molecule has 0 spiro atoms. The van der Waals surface area contributed by atoms with Crippen LogP contribution in [0.2, 0.25) is 0 Å². The van der Waals surface area contributed by atoms with Gasteiger partial charge in [0.2, 0.25) is 0 Å². The van der Waals surface area contributed by atoms with Gasteiger partial charge in [0.15, 0.2) is 10.7 Å². The first-order chi connectivity index (χ1) is 8.77. The van der Waals surface area contributed by atoms with E-state index in [4.69, 9.17) is 0 Å². The molecule has 3 heteroatoms. The summed E-state index contributed by atoms with van der Waals surface area (Å²) in [7, 11) is -2.52. The highest BCUT2D eigenvalue weighted by atomic mass is 32.2. The van der Waals surface area contributed by atoms with E-state index < -0.39 is 16.0 Å². The first-order valence-electron chi connectivity index (χ1n) is 5.69. The van der Waals surface area contributed by atoms with E-state index in [-0.39, 0.29) is 0 Å². The first kappa shape index (κ1) is 12.6. The smallest absolute Gasteiger partial charge is 0.150 e. The van der Waals surface area contributed by atoms with Gasteiger partial charge in [0, 0.05) is 0 Å². The molecule has 0 aliphatic heterocycles. The second-order valence-electron chi connectivity index (χ2n) is 3.91. The molecular formula is C15H14O2S. The Balaban J connectivity index is 2.26. The van der Waals surface area contributed by atoms with E-state index in [1.165, 1.54) is 0 Å². The quantitative estimate of drug-likeness (QED) is 0.855. The van der Waals surface area contributed by atoms with Gasteiger partial charge in [-0.1, -0.05) is 72.8 Å². The van der Waals surface area contributed by atoms with Gasteiger partial charge in [-0.15, -0.1) is 0 Å². The van der Waals surface area contributed by atoms with Crippen molar-refractivity contribution in [1.29, 1.82) is 0 Å². The summed E-state index contributed by atoms with van der Waals surface area (Å²) < 4.78 is 22.6. The molecule has 0 aliphatic rings. The number of hydrogen-bond acceptors (Lipinski definition) is 2. The maximum absolute atomic E-state index is 11.3. The second-order valence-corrected chi connectivity index (χ2v) is 5.04. The molecule has 0 N–H and O–H groups in total. The highest BCUT2D eigenvalue weighted by Gasteiger charge is 2.09. The van der Waals surface area contributed by atoms with Crippen LogP contribution >= 0.6 is 0 Å². The van der Waals surface area contributed by atoms with E-state index in [0.29, 0.717) is 0 Å². The third-order valence-corrected chi connectivity index (χ3v) is 3.56. The van der Waals surface area contributed by atoms with Crippen LogP contribution in [0, 0.1) is 0 Å². The topological polar surface area (TPSA) is 34.1 Å². The first-order valence-corrected chi connectivity index (χ1v) is 6.94. The van der Waals surface area contributed by atoms with E-state index in [0.717, 1.165) is 11.1 Å². The Morgan fingerprint density at radius 1 is 0.833 bits per heavy atom. The lowest BCUT2D eigenvalue weighted by Crippen LogP contribution is -1.96. The molecule has 0 radical (unpaired) electrons. The summed E-state index contributed by atoms with van der Waals surface area (Å²) in [6.45, 7) is 0. The Morgan fingerprint density at radius 2 is 1.39 bits per heavy atom. The second kappa shape index (κ2) is 6.17. The Hall–Kier alpha value is -1.87. The van der Waals surface area contributed by atoms with Crippen LogP contribution in [0.4, 0.5) is 0 Å². The van der Waals surface area contributed by atoms with Crippen molar-refractivity contribution < 1.29 is 8.42 Å². The minimum atomic E-state index is -2.52. The average molecular weight is 258 g/mol. The van der Waals surface area contributed by atoms with E-state index in [1.807, 2.05) is 66.7 Å². The molecule has 0 aliphatic carbocycles. The maximum Gasteiger partial charge on any atom is 0.150 e. The van der Waals surface area contributed by atoms with Crippen LogP contribution in [0.1, 0.15) is 16.4 Å². The predicted molar refractivity (Wildman–Crippen MR) is 75.0 cm³/mol. The van der Waals surface area contributed by atoms with Crippen LogP contribution in [0.3, 0.4) is 0 Å². The highest BCUT2D eigenvalue weighted by molar-refractivity contribution is 7.72. The molecule has 0 amide bonds. The van der Waals surface area contributed by atoms with Gasteiger partial charge in [-0.3, -0.25) is 0 Å². The number of thiol groups is 1. The van der Waals surface area contributed by atoms with Crippen LogP contribution in [-0.4, -0.2) is 8.42 Å². The summed E-state index contributed by atoms with van der Waals surface area (Å²) in [6, 6.07) is 18.9. The zero-order chi connectivity index (χ0) is 12.8. The number of benzene rings is 2. The fraction of sp³-hybridized carbons (Fsp3) is 0.0667. The van der Waals surface area contributed by atoms with Gasteiger partial charge in [0.1, 0.15) is 5.25 Å². The van der Waals surface area contributed by atoms with E-state index in [1.54, 1.807) is 6.08 Å². The van der Waals surface area contributed by atoms with Crippen molar-refractivity contribution in [3.63, 3.8) is 0 Å².